The molecule has 3 rings (SSSR count). The van der Waals surface area contributed by atoms with Crippen LogP contribution in [-0.4, -0.2) is 42.1 Å². The lowest BCUT2D eigenvalue weighted by Gasteiger charge is -2.45. The summed E-state index contributed by atoms with van der Waals surface area (Å²) in [6.45, 7) is 5.97. The molecule has 2 unspecified atom stereocenters. The van der Waals surface area contributed by atoms with Gasteiger partial charge in [-0.25, -0.2) is 4.79 Å². The van der Waals surface area contributed by atoms with Crippen LogP contribution in [0.15, 0.2) is 30.3 Å². The van der Waals surface area contributed by atoms with Crippen LogP contribution in [0.1, 0.15) is 26.7 Å². The number of anilines is 1. The first kappa shape index (κ1) is 13.3. The first-order valence-corrected chi connectivity index (χ1v) is 7.54. The van der Waals surface area contributed by atoms with Gasteiger partial charge in [-0.1, -0.05) is 18.2 Å². The van der Waals surface area contributed by atoms with Gasteiger partial charge in [0.05, 0.1) is 0 Å². The van der Waals surface area contributed by atoms with Crippen LogP contribution in [0.2, 0.25) is 0 Å². The number of para-hydroxylation sites is 1. The average molecular weight is 273 g/mol. The average Bonchev–Trinajstić information content (AvgIpc) is 3.23. The highest BCUT2D eigenvalue weighted by Crippen LogP contribution is 2.25. The van der Waals surface area contributed by atoms with E-state index in [0.717, 1.165) is 25.9 Å². The van der Waals surface area contributed by atoms with E-state index in [1.54, 1.807) is 0 Å². The van der Waals surface area contributed by atoms with Gasteiger partial charge in [0, 0.05) is 36.9 Å². The third-order valence-corrected chi connectivity index (χ3v) is 4.17. The summed E-state index contributed by atoms with van der Waals surface area (Å²) in [6.07, 6.45) is 2.28. The van der Waals surface area contributed by atoms with E-state index in [1.165, 1.54) is 5.69 Å². The number of carbonyl (C=O) groups excluding carboxylic acids is 1. The van der Waals surface area contributed by atoms with Crippen LogP contribution in [0.5, 0.6) is 0 Å². The molecule has 4 heteroatoms. The number of benzene rings is 1. The van der Waals surface area contributed by atoms with E-state index in [0.29, 0.717) is 18.1 Å². The molecular weight excluding hydrogens is 250 g/mol. The molecule has 1 aliphatic heterocycles. The van der Waals surface area contributed by atoms with Crippen molar-refractivity contribution in [3.05, 3.63) is 30.3 Å². The summed E-state index contributed by atoms with van der Waals surface area (Å²) in [6, 6.07) is 11.7. The molecule has 2 atom stereocenters. The normalized spacial score (nSPS) is 26.5. The molecule has 2 amide bonds. The molecule has 0 bridgehead atoms. The maximum absolute atomic E-state index is 12.2. The summed E-state index contributed by atoms with van der Waals surface area (Å²) in [5, 5.41) is 3.09. The molecule has 1 heterocycles. The largest absolute Gasteiger partial charge is 0.363 e. The van der Waals surface area contributed by atoms with E-state index >= 15 is 0 Å². The highest BCUT2D eigenvalue weighted by molar-refractivity contribution is 5.75. The quantitative estimate of drug-likeness (QED) is 0.898. The first-order chi connectivity index (χ1) is 9.65. The summed E-state index contributed by atoms with van der Waals surface area (Å²) in [7, 11) is 0. The zero-order valence-electron chi connectivity index (χ0n) is 12.2. The number of amides is 2. The fourth-order valence-electron chi connectivity index (χ4n) is 3.09. The Morgan fingerprint density at radius 1 is 1.10 bits per heavy atom. The SMILES string of the molecule is CC1CN(C(=O)NC2CC2)CC(C)N1c1ccccc1. The molecular formula is C16H23N3O. The molecule has 1 N–H and O–H groups in total. The van der Waals surface area contributed by atoms with Crippen LogP contribution in [0, 0.1) is 0 Å². The predicted octanol–water partition coefficient (Wildman–Crippen LogP) is 2.46. The van der Waals surface area contributed by atoms with Crippen LogP contribution < -0.4 is 10.2 Å². The minimum Gasteiger partial charge on any atom is -0.363 e. The van der Waals surface area contributed by atoms with Crippen molar-refractivity contribution >= 4 is 11.7 Å². The first-order valence-electron chi connectivity index (χ1n) is 7.54. The molecule has 1 aromatic carbocycles. The zero-order chi connectivity index (χ0) is 14.1. The number of rotatable bonds is 2. The monoisotopic (exact) mass is 273 g/mol. The highest BCUT2D eigenvalue weighted by atomic mass is 16.2. The van der Waals surface area contributed by atoms with Gasteiger partial charge >= 0.3 is 6.03 Å². The number of nitrogens with zero attached hydrogens (tertiary/aromatic N) is 2. The fourth-order valence-corrected chi connectivity index (χ4v) is 3.09. The number of piperazine rings is 1. The van der Waals surface area contributed by atoms with Gasteiger partial charge in [-0.2, -0.15) is 0 Å². The smallest absolute Gasteiger partial charge is 0.317 e. The second kappa shape index (κ2) is 5.35. The molecule has 0 radical (unpaired) electrons. The molecule has 4 nitrogen and oxygen atoms in total. The third kappa shape index (κ3) is 2.74. The lowest BCUT2D eigenvalue weighted by molar-refractivity contribution is 0.176. The van der Waals surface area contributed by atoms with Crippen molar-refractivity contribution in [2.24, 2.45) is 0 Å². The van der Waals surface area contributed by atoms with Gasteiger partial charge in [-0.15, -0.1) is 0 Å². The molecule has 1 aliphatic carbocycles. The van der Waals surface area contributed by atoms with Crippen LogP contribution in [0.25, 0.3) is 0 Å². The Hall–Kier alpha value is -1.71. The minimum atomic E-state index is 0.110. The molecule has 0 spiro atoms. The van der Waals surface area contributed by atoms with Gasteiger partial charge in [-0.3, -0.25) is 0 Å². The third-order valence-electron chi connectivity index (χ3n) is 4.17. The van der Waals surface area contributed by atoms with E-state index in [9.17, 15) is 4.79 Å². The van der Waals surface area contributed by atoms with Crippen LogP contribution >= 0.6 is 0 Å². The van der Waals surface area contributed by atoms with Crippen LogP contribution in [0.3, 0.4) is 0 Å². The van der Waals surface area contributed by atoms with Gasteiger partial charge in [0.15, 0.2) is 0 Å². The summed E-state index contributed by atoms with van der Waals surface area (Å²) in [4.78, 5) is 16.6. The van der Waals surface area contributed by atoms with Crippen molar-refractivity contribution in [3.8, 4) is 0 Å². The van der Waals surface area contributed by atoms with Crippen molar-refractivity contribution in [3.63, 3.8) is 0 Å². The number of hydrogen-bond donors (Lipinski definition) is 1. The van der Waals surface area contributed by atoms with Gasteiger partial charge in [0.2, 0.25) is 0 Å². The van der Waals surface area contributed by atoms with Gasteiger partial charge in [-0.05, 0) is 38.8 Å². The molecule has 1 saturated carbocycles. The Morgan fingerprint density at radius 3 is 2.25 bits per heavy atom. The number of carbonyl (C=O) groups is 1. The van der Waals surface area contributed by atoms with E-state index in [4.69, 9.17) is 0 Å². The Balaban J connectivity index is 1.68. The van der Waals surface area contributed by atoms with Crippen molar-refractivity contribution in [1.29, 1.82) is 0 Å². The van der Waals surface area contributed by atoms with Crippen LogP contribution in [-0.2, 0) is 0 Å². The fraction of sp³-hybridized carbons (Fsp3) is 0.562. The van der Waals surface area contributed by atoms with E-state index < -0.39 is 0 Å². The van der Waals surface area contributed by atoms with Gasteiger partial charge in [0.1, 0.15) is 0 Å². The molecule has 1 aromatic rings. The molecule has 108 valence electrons. The van der Waals surface area contributed by atoms with Gasteiger partial charge in [0.25, 0.3) is 0 Å². The molecule has 1 saturated heterocycles. The number of hydrogen-bond acceptors (Lipinski definition) is 2. The summed E-state index contributed by atoms with van der Waals surface area (Å²) < 4.78 is 0. The van der Waals surface area contributed by atoms with Crippen molar-refractivity contribution in [2.75, 3.05) is 18.0 Å². The van der Waals surface area contributed by atoms with Gasteiger partial charge < -0.3 is 15.1 Å². The summed E-state index contributed by atoms with van der Waals surface area (Å²) in [5.41, 5.74) is 1.25. The van der Waals surface area contributed by atoms with Crippen molar-refractivity contribution in [2.45, 2.75) is 44.8 Å². The Labute approximate surface area is 120 Å². The lowest BCUT2D eigenvalue weighted by atomic mass is 10.1. The van der Waals surface area contributed by atoms with Crippen LogP contribution in [0.4, 0.5) is 10.5 Å². The second-order valence-corrected chi connectivity index (χ2v) is 6.07. The van der Waals surface area contributed by atoms with E-state index in [1.807, 2.05) is 11.0 Å². The molecule has 20 heavy (non-hydrogen) atoms. The predicted molar refractivity (Wildman–Crippen MR) is 81.0 cm³/mol. The maximum atomic E-state index is 12.2. The summed E-state index contributed by atoms with van der Waals surface area (Å²) >= 11 is 0. The second-order valence-electron chi connectivity index (χ2n) is 6.07. The lowest BCUT2D eigenvalue weighted by Crippen LogP contribution is -2.60. The molecule has 0 aromatic heterocycles. The Kier molecular flexibility index (Phi) is 3.55. The molecule has 2 fully saturated rings. The van der Waals surface area contributed by atoms with E-state index in [2.05, 4.69) is 48.3 Å². The van der Waals surface area contributed by atoms with E-state index in [-0.39, 0.29) is 6.03 Å². The van der Waals surface area contributed by atoms with Crippen molar-refractivity contribution < 1.29 is 4.79 Å². The maximum Gasteiger partial charge on any atom is 0.317 e. The number of urea groups is 1. The number of nitrogens with one attached hydrogen (secondary N) is 1. The Bertz CT molecular complexity index is 460. The standard InChI is InChI=1S/C16H23N3O/c1-12-10-18(16(20)17-14-8-9-14)11-13(2)19(12)15-6-4-3-5-7-15/h3-7,12-14H,8-11H2,1-2H3,(H,17,20). The summed E-state index contributed by atoms with van der Waals surface area (Å²) in [5.74, 6) is 0. The van der Waals surface area contributed by atoms with Crippen molar-refractivity contribution in [1.82, 2.24) is 10.2 Å². The molecule has 2 aliphatic rings. The Morgan fingerprint density at radius 2 is 1.70 bits per heavy atom. The zero-order valence-corrected chi connectivity index (χ0v) is 12.2. The minimum absolute atomic E-state index is 0.110. The topological polar surface area (TPSA) is 35.6 Å². The highest BCUT2D eigenvalue weighted by Gasteiger charge is 2.33.